The molecule has 1 fully saturated rings. The van der Waals surface area contributed by atoms with Gasteiger partial charge in [0.25, 0.3) is 0 Å². The summed E-state index contributed by atoms with van der Waals surface area (Å²) in [5.74, 6) is -0.423. The third-order valence-electron chi connectivity index (χ3n) is 3.26. The van der Waals surface area contributed by atoms with Crippen LogP contribution in [0.15, 0.2) is 0 Å². The number of carbonyl (C=O) groups is 3. The number of ketones is 1. The Morgan fingerprint density at radius 2 is 1.90 bits per heavy atom. The Balaban J connectivity index is 2.58. The Bertz CT molecular complexity index is 412. The van der Waals surface area contributed by atoms with Crippen molar-refractivity contribution in [2.75, 3.05) is 13.1 Å². The number of carbonyl (C=O) groups excluding carboxylic acids is 3. The lowest BCUT2D eigenvalue weighted by molar-refractivity contribution is -0.129. The predicted octanol–water partition coefficient (Wildman–Crippen LogP) is 1.73. The summed E-state index contributed by atoms with van der Waals surface area (Å²) in [7, 11) is 0. The van der Waals surface area contributed by atoms with Crippen LogP contribution < -0.4 is 5.32 Å². The fraction of sp³-hybridized carbons (Fsp3) is 0.800. The molecule has 21 heavy (non-hydrogen) atoms. The van der Waals surface area contributed by atoms with Crippen molar-refractivity contribution in [3.63, 3.8) is 0 Å². The summed E-state index contributed by atoms with van der Waals surface area (Å²) in [5, 5.41) is 2.62. The van der Waals surface area contributed by atoms with Crippen LogP contribution in [-0.2, 0) is 14.3 Å². The van der Waals surface area contributed by atoms with Gasteiger partial charge in [0.15, 0.2) is 5.78 Å². The van der Waals surface area contributed by atoms with Crippen molar-refractivity contribution in [3.8, 4) is 0 Å². The van der Waals surface area contributed by atoms with E-state index in [0.717, 1.165) is 6.42 Å². The molecule has 1 N–H and O–H groups in total. The number of amides is 2. The molecule has 0 aromatic rings. The third-order valence-corrected chi connectivity index (χ3v) is 3.26. The van der Waals surface area contributed by atoms with Gasteiger partial charge in [0, 0.05) is 12.5 Å². The first kappa shape index (κ1) is 17.5. The van der Waals surface area contributed by atoms with Crippen LogP contribution in [0.3, 0.4) is 0 Å². The minimum absolute atomic E-state index is 0.00909. The summed E-state index contributed by atoms with van der Waals surface area (Å²) in [4.78, 5) is 37.2. The summed E-state index contributed by atoms with van der Waals surface area (Å²) >= 11 is 0. The largest absolute Gasteiger partial charge is 0.444 e. The van der Waals surface area contributed by atoms with E-state index in [1.807, 2.05) is 0 Å². The van der Waals surface area contributed by atoms with Crippen molar-refractivity contribution in [1.82, 2.24) is 10.2 Å². The molecular formula is C15H26N2O4. The summed E-state index contributed by atoms with van der Waals surface area (Å²) in [6, 6.07) is -0.542. The number of nitrogens with one attached hydrogen (secondary N) is 1. The minimum Gasteiger partial charge on any atom is -0.444 e. The highest BCUT2D eigenvalue weighted by Crippen LogP contribution is 2.20. The summed E-state index contributed by atoms with van der Waals surface area (Å²) in [6.45, 7) is 9.46. The van der Waals surface area contributed by atoms with Crippen LogP contribution in [0.25, 0.3) is 0 Å². The molecule has 1 aliphatic heterocycles. The SMILES string of the molecule is CC(C)C(=O)CNC(=O)[C@@H]1CCCN1C(=O)OC(C)(C)C. The highest BCUT2D eigenvalue weighted by Gasteiger charge is 2.36. The molecular weight excluding hydrogens is 272 g/mol. The number of hydrogen-bond donors (Lipinski definition) is 1. The Kier molecular flexibility index (Phi) is 5.75. The molecule has 1 saturated heterocycles. The molecule has 1 atom stereocenters. The zero-order chi connectivity index (χ0) is 16.2. The molecule has 1 rings (SSSR count). The van der Waals surface area contributed by atoms with Crippen molar-refractivity contribution in [1.29, 1.82) is 0 Å². The molecule has 0 unspecified atom stereocenters. The minimum atomic E-state index is -0.589. The van der Waals surface area contributed by atoms with Gasteiger partial charge in [-0.05, 0) is 33.6 Å². The van der Waals surface area contributed by atoms with Crippen molar-refractivity contribution in [2.45, 2.75) is 59.1 Å². The lowest BCUT2D eigenvalue weighted by Gasteiger charge is -2.28. The number of Topliss-reactive ketones (excluding diaryl/α,β-unsaturated/α-hetero) is 1. The Morgan fingerprint density at radius 1 is 1.29 bits per heavy atom. The average Bonchev–Trinajstić information content (AvgIpc) is 2.82. The fourth-order valence-corrected chi connectivity index (χ4v) is 2.07. The molecule has 0 aliphatic carbocycles. The van der Waals surface area contributed by atoms with Gasteiger partial charge >= 0.3 is 6.09 Å². The van der Waals surface area contributed by atoms with Crippen molar-refractivity contribution in [3.05, 3.63) is 0 Å². The van der Waals surface area contributed by atoms with Gasteiger partial charge in [-0.25, -0.2) is 4.79 Å². The van der Waals surface area contributed by atoms with Crippen LogP contribution in [-0.4, -0.2) is 47.4 Å². The Labute approximate surface area is 126 Å². The molecule has 120 valence electrons. The monoisotopic (exact) mass is 298 g/mol. The molecule has 1 heterocycles. The van der Waals surface area contributed by atoms with E-state index in [4.69, 9.17) is 4.74 Å². The van der Waals surface area contributed by atoms with E-state index in [0.29, 0.717) is 13.0 Å². The van der Waals surface area contributed by atoms with Gasteiger partial charge in [-0.2, -0.15) is 0 Å². The normalized spacial score (nSPS) is 18.8. The maximum absolute atomic E-state index is 12.1. The van der Waals surface area contributed by atoms with E-state index in [9.17, 15) is 14.4 Å². The first-order chi connectivity index (χ1) is 9.61. The highest BCUT2D eigenvalue weighted by molar-refractivity contribution is 5.91. The Hall–Kier alpha value is -1.59. The van der Waals surface area contributed by atoms with Crippen LogP contribution in [0.4, 0.5) is 4.79 Å². The number of likely N-dealkylation sites (tertiary alicyclic amines) is 1. The Morgan fingerprint density at radius 3 is 2.43 bits per heavy atom. The number of rotatable bonds is 4. The molecule has 0 radical (unpaired) electrons. The zero-order valence-electron chi connectivity index (χ0n) is 13.6. The van der Waals surface area contributed by atoms with Crippen molar-refractivity contribution >= 4 is 17.8 Å². The molecule has 0 bridgehead atoms. The average molecular weight is 298 g/mol. The van der Waals surface area contributed by atoms with Crippen LogP contribution in [0, 0.1) is 5.92 Å². The van der Waals surface area contributed by atoms with E-state index in [1.54, 1.807) is 34.6 Å². The number of ether oxygens (including phenoxy) is 1. The quantitative estimate of drug-likeness (QED) is 0.857. The lowest BCUT2D eigenvalue weighted by atomic mass is 10.1. The molecule has 0 saturated carbocycles. The van der Waals surface area contributed by atoms with Crippen molar-refractivity contribution in [2.24, 2.45) is 5.92 Å². The highest BCUT2D eigenvalue weighted by atomic mass is 16.6. The summed E-state index contributed by atoms with van der Waals surface area (Å²) < 4.78 is 5.31. The first-order valence-electron chi connectivity index (χ1n) is 7.42. The summed E-state index contributed by atoms with van der Waals surface area (Å²) in [6.07, 6.45) is 0.881. The number of nitrogens with zero attached hydrogens (tertiary/aromatic N) is 1. The van der Waals surface area contributed by atoms with Gasteiger partial charge < -0.3 is 10.1 Å². The van der Waals surface area contributed by atoms with E-state index in [1.165, 1.54) is 4.90 Å². The van der Waals surface area contributed by atoms with Gasteiger partial charge in [-0.15, -0.1) is 0 Å². The van der Waals surface area contributed by atoms with Gasteiger partial charge in [-0.3, -0.25) is 14.5 Å². The van der Waals surface area contributed by atoms with Crippen molar-refractivity contribution < 1.29 is 19.1 Å². The van der Waals surface area contributed by atoms with E-state index >= 15 is 0 Å². The second-order valence-corrected chi connectivity index (χ2v) is 6.67. The standard InChI is InChI=1S/C15H26N2O4/c1-10(2)12(18)9-16-13(19)11-7-6-8-17(11)14(20)21-15(3,4)5/h10-11H,6-9H2,1-5H3,(H,16,19)/t11-/m0/s1. The number of hydrogen-bond acceptors (Lipinski definition) is 4. The van der Waals surface area contributed by atoms with E-state index in [2.05, 4.69) is 5.32 Å². The second kappa shape index (κ2) is 6.91. The fourth-order valence-electron chi connectivity index (χ4n) is 2.07. The molecule has 0 spiro atoms. The maximum atomic E-state index is 12.1. The molecule has 0 aromatic heterocycles. The molecule has 0 aromatic carbocycles. The van der Waals surface area contributed by atoms with Crippen LogP contribution >= 0.6 is 0 Å². The van der Waals surface area contributed by atoms with Gasteiger partial charge in [-0.1, -0.05) is 13.8 Å². The van der Waals surface area contributed by atoms with Crippen LogP contribution in [0.2, 0.25) is 0 Å². The van der Waals surface area contributed by atoms with E-state index in [-0.39, 0.29) is 24.2 Å². The van der Waals surface area contributed by atoms with Gasteiger partial charge in [0.1, 0.15) is 11.6 Å². The second-order valence-electron chi connectivity index (χ2n) is 6.67. The van der Waals surface area contributed by atoms with Gasteiger partial charge in [0.05, 0.1) is 6.54 Å². The molecule has 2 amide bonds. The first-order valence-corrected chi connectivity index (χ1v) is 7.42. The maximum Gasteiger partial charge on any atom is 0.410 e. The van der Waals surface area contributed by atoms with Gasteiger partial charge in [0.2, 0.25) is 5.91 Å². The van der Waals surface area contributed by atoms with Crippen LogP contribution in [0.5, 0.6) is 0 Å². The molecule has 1 aliphatic rings. The molecule has 6 nitrogen and oxygen atoms in total. The smallest absolute Gasteiger partial charge is 0.410 e. The van der Waals surface area contributed by atoms with E-state index < -0.39 is 17.7 Å². The molecule has 6 heteroatoms. The van der Waals surface area contributed by atoms with Crippen LogP contribution in [0.1, 0.15) is 47.5 Å². The lowest BCUT2D eigenvalue weighted by Crippen LogP contribution is -2.48. The zero-order valence-corrected chi connectivity index (χ0v) is 13.6. The third kappa shape index (κ3) is 5.36. The topological polar surface area (TPSA) is 75.7 Å². The predicted molar refractivity (Wildman–Crippen MR) is 78.8 cm³/mol. The summed E-state index contributed by atoms with van der Waals surface area (Å²) in [5.41, 5.74) is -0.589.